The summed E-state index contributed by atoms with van der Waals surface area (Å²) in [4.78, 5) is 18.6. The first kappa shape index (κ1) is 19.7. The largest absolute Gasteiger partial charge is 0.444 e. The van der Waals surface area contributed by atoms with Crippen LogP contribution in [0.4, 0.5) is 4.79 Å². The van der Waals surface area contributed by atoms with Gasteiger partial charge in [-0.15, -0.1) is 0 Å². The average molecular weight is 349 g/mol. The van der Waals surface area contributed by atoms with E-state index < -0.39 is 5.60 Å². The van der Waals surface area contributed by atoms with Crippen molar-refractivity contribution in [2.45, 2.75) is 65.3 Å². The molecule has 1 amide bonds. The molecule has 6 nitrogen and oxygen atoms in total. The van der Waals surface area contributed by atoms with Crippen molar-refractivity contribution in [2.75, 3.05) is 19.8 Å². The maximum absolute atomic E-state index is 12.4. The van der Waals surface area contributed by atoms with Crippen LogP contribution < -0.4 is 5.32 Å². The van der Waals surface area contributed by atoms with Gasteiger partial charge in [0.25, 0.3) is 0 Å². The lowest BCUT2D eigenvalue weighted by Gasteiger charge is -2.37. The maximum atomic E-state index is 12.4. The van der Waals surface area contributed by atoms with Crippen LogP contribution in [0.25, 0.3) is 0 Å². The quantitative estimate of drug-likeness (QED) is 0.885. The van der Waals surface area contributed by atoms with Gasteiger partial charge in [0.1, 0.15) is 5.60 Å². The zero-order valence-corrected chi connectivity index (χ0v) is 16.0. The van der Waals surface area contributed by atoms with E-state index in [-0.39, 0.29) is 18.2 Å². The van der Waals surface area contributed by atoms with Crippen molar-refractivity contribution in [2.24, 2.45) is 0 Å². The van der Waals surface area contributed by atoms with Crippen molar-refractivity contribution in [3.8, 4) is 0 Å². The summed E-state index contributed by atoms with van der Waals surface area (Å²) in [6, 6.07) is 4.37. The van der Waals surface area contributed by atoms with E-state index in [4.69, 9.17) is 9.47 Å². The Bertz CT molecular complexity index is 554. The number of pyridine rings is 1. The zero-order valence-electron chi connectivity index (χ0n) is 16.0. The first-order valence-electron chi connectivity index (χ1n) is 8.97. The molecule has 0 radical (unpaired) electrons. The normalized spacial score (nSPS) is 19.6. The van der Waals surface area contributed by atoms with Gasteiger partial charge in [-0.1, -0.05) is 6.07 Å². The minimum Gasteiger partial charge on any atom is -0.444 e. The fourth-order valence-corrected chi connectivity index (χ4v) is 2.80. The summed E-state index contributed by atoms with van der Waals surface area (Å²) in [5.74, 6) is 0. The zero-order chi connectivity index (χ0) is 18.4. The third-order valence-electron chi connectivity index (χ3n) is 4.11. The number of rotatable bonds is 5. The van der Waals surface area contributed by atoms with Crippen LogP contribution in [0.3, 0.4) is 0 Å². The number of carbonyl (C=O) groups excluding carboxylic acids is 1. The molecule has 2 heterocycles. The molecule has 1 N–H and O–H groups in total. The van der Waals surface area contributed by atoms with E-state index in [1.54, 1.807) is 4.90 Å². The Morgan fingerprint density at radius 1 is 1.48 bits per heavy atom. The number of hydrogen-bond acceptors (Lipinski definition) is 5. The van der Waals surface area contributed by atoms with E-state index in [9.17, 15) is 4.79 Å². The average Bonchev–Trinajstić information content (AvgIpc) is 2.53. The highest BCUT2D eigenvalue weighted by Crippen LogP contribution is 2.17. The lowest BCUT2D eigenvalue weighted by atomic mass is 10.1. The number of nitrogens with zero attached hydrogens (tertiary/aromatic N) is 2. The predicted octanol–water partition coefficient (Wildman–Crippen LogP) is 2.89. The van der Waals surface area contributed by atoms with Gasteiger partial charge < -0.3 is 19.7 Å². The van der Waals surface area contributed by atoms with Gasteiger partial charge in [-0.25, -0.2) is 4.79 Å². The van der Waals surface area contributed by atoms with E-state index in [1.807, 2.05) is 40.0 Å². The Labute approximate surface area is 150 Å². The Kier molecular flexibility index (Phi) is 6.79. The number of amides is 1. The first-order valence-corrected chi connectivity index (χ1v) is 8.97. The number of ether oxygens (including phenoxy) is 2. The SMILES string of the molecule is Cc1ccc(CNC(C)CC2COCCN2C(=O)OC(C)(C)C)cn1. The minimum atomic E-state index is -0.484. The summed E-state index contributed by atoms with van der Waals surface area (Å²) >= 11 is 0. The fraction of sp³-hybridized carbons (Fsp3) is 0.684. The molecule has 140 valence electrons. The second-order valence-electron chi connectivity index (χ2n) is 7.73. The molecule has 2 atom stereocenters. The van der Waals surface area contributed by atoms with Crippen molar-refractivity contribution in [3.63, 3.8) is 0 Å². The first-order chi connectivity index (χ1) is 11.7. The van der Waals surface area contributed by atoms with E-state index in [0.29, 0.717) is 19.8 Å². The van der Waals surface area contributed by atoms with Gasteiger partial charge in [0, 0.05) is 31.0 Å². The molecule has 6 heteroatoms. The standard InChI is InChI=1S/C19H31N3O3/c1-14-6-7-16(11-20-14)12-21-15(2)10-17-13-24-9-8-22(17)18(23)25-19(3,4)5/h6-7,11,15,17,21H,8-10,12-13H2,1-5H3. The Hall–Kier alpha value is -1.66. The molecular formula is C19H31N3O3. The Balaban J connectivity index is 1.87. The number of morpholine rings is 1. The minimum absolute atomic E-state index is 0.0299. The molecule has 0 aliphatic carbocycles. The van der Waals surface area contributed by atoms with Gasteiger partial charge in [0.05, 0.1) is 19.3 Å². The highest BCUT2D eigenvalue weighted by molar-refractivity contribution is 5.68. The van der Waals surface area contributed by atoms with Crippen LogP contribution in [0, 0.1) is 6.92 Å². The fourth-order valence-electron chi connectivity index (χ4n) is 2.80. The van der Waals surface area contributed by atoms with Crippen molar-refractivity contribution < 1.29 is 14.3 Å². The van der Waals surface area contributed by atoms with Crippen LogP contribution >= 0.6 is 0 Å². The molecule has 2 unspecified atom stereocenters. The van der Waals surface area contributed by atoms with Crippen LogP contribution in [-0.4, -0.2) is 53.4 Å². The van der Waals surface area contributed by atoms with E-state index in [1.165, 1.54) is 0 Å². The number of aromatic nitrogens is 1. The molecule has 0 bridgehead atoms. The van der Waals surface area contributed by atoms with Gasteiger partial charge in [0.2, 0.25) is 0 Å². The molecule has 1 saturated heterocycles. The van der Waals surface area contributed by atoms with Gasteiger partial charge in [0.15, 0.2) is 0 Å². The van der Waals surface area contributed by atoms with Gasteiger partial charge in [-0.05, 0) is 52.7 Å². The Morgan fingerprint density at radius 3 is 2.88 bits per heavy atom. The van der Waals surface area contributed by atoms with Crippen LogP contribution in [0.15, 0.2) is 18.3 Å². The molecule has 2 rings (SSSR count). The third kappa shape index (κ3) is 6.63. The monoisotopic (exact) mass is 349 g/mol. The molecule has 1 aromatic rings. The van der Waals surface area contributed by atoms with Crippen molar-refractivity contribution in [1.29, 1.82) is 0 Å². The van der Waals surface area contributed by atoms with E-state index in [0.717, 1.165) is 24.2 Å². The summed E-state index contributed by atoms with van der Waals surface area (Å²) in [5, 5.41) is 3.50. The van der Waals surface area contributed by atoms with Crippen LogP contribution in [-0.2, 0) is 16.0 Å². The smallest absolute Gasteiger partial charge is 0.410 e. The second-order valence-corrected chi connectivity index (χ2v) is 7.73. The van der Waals surface area contributed by atoms with Gasteiger partial charge >= 0.3 is 6.09 Å². The summed E-state index contributed by atoms with van der Waals surface area (Å²) in [5.41, 5.74) is 1.69. The van der Waals surface area contributed by atoms with Crippen LogP contribution in [0.1, 0.15) is 45.4 Å². The topological polar surface area (TPSA) is 63.7 Å². The molecule has 0 aromatic carbocycles. The van der Waals surface area contributed by atoms with E-state index >= 15 is 0 Å². The Morgan fingerprint density at radius 2 is 2.24 bits per heavy atom. The summed E-state index contributed by atoms with van der Waals surface area (Å²) in [6.07, 6.45) is 2.46. The molecule has 0 spiro atoms. The molecule has 1 aliphatic rings. The molecule has 1 aliphatic heterocycles. The molecule has 25 heavy (non-hydrogen) atoms. The number of aryl methyl sites for hydroxylation is 1. The number of nitrogens with one attached hydrogen (secondary N) is 1. The van der Waals surface area contributed by atoms with Crippen molar-refractivity contribution >= 4 is 6.09 Å². The second kappa shape index (κ2) is 8.63. The lowest BCUT2D eigenvalue weighted by molar-refractivity contribution is -0.0356. The number of carbonyl (C=O) groups is 1. The third-order valence-corrected chi connectivity index (χ3v) is 4.11. The van der Waals surface area contributed by atoms with E-state index in [2.05, 4.69) is 23.3 Å². The van der Waals surface area contributed by atoms with Crippen molar-refractivity contribution in [3.05, 3.63) is 29.6 Å². The summed E-state index contributed by atoms with van der Waals surface area (Å²) in [7, 11) is 0. The van der Waals surface area contributed by atoms with Crippen molar-refractivity contribution in [1.82, 2.24) is 15.2 Å². The molecule has 1 aromatic heterocycles. The molecule has 1 fully saturated rings. The van der Waals surface area contributed by atoms with Gasteiger partial charge in [-0.2, -0.15) is 0 Å². The lowest BCUT2D eigenvalue weighted by Crippen LogP contribution is -2.52. The predicted molar refractivity (Wildman–Crippen MR) is 97.4 cm³/mol. The maximum Gasteiger partial charge on any atom is 0.410 e. The highest BCUT2D eigenvalue weighted by atomic mass is 16.6. The van der Waals surface area contributed by atoms with Crippen LogP contribution in [0.2, 0.25) is 0 Å². The molecule has 0 saturated carbocycles. The number of hydrogen-bond donors (Lipinski definition) is 1. The summed E-state index contributed by atoms with van der Waals surface area (Å²) in [6.45, 7) is 12.2. The summed E-state index contributed by atoms with van der Waals surface area (Å²) < 4.78 is 11.1. The highest BCUT2D eigenvalue weighted by Gasteiger charge is 2.31. The molecular weight excluding hydrogens is 318 g/mol. The van der Waals surface area contributed by atoms with Crippen LogP contribution in [0.5, 0.6) is 0 Å². The van der Waals surface area contributed by atoms with Gasteiger partial charge in [-0.3, -0.25) is 4.98 Å².